The van der Waals surface area contributed by atoms with Gasteiger partial charge in [-0.2, -0.15) is 5.26 Å². The minimum Gasteiger partial charge on any atom is -0.398 e. The highest BCUT2D eigenvalue weighted by atomic mass is 79.9. The van der Waals surface area contributed by atoms with Crippen LogP contribution in [0.25, 0.3) is 0 Å². The number of benzene rings is 2. The van der Waals surface area contributed by atoms with Crippen molar-refractivity contribution in [2.24, 2.45) is 0 Å². The molecule has 0 saturated carbocycles. The quantitative estimate of drug-likeness (QED) is 0.881. The van der Waals surface area contributed by atoms with E-state index in [2.05, 4.69) is 22.0 Å². The van der Waals surface area contributed by atoms with Gasteiger partial charge in [0.15, 0.2) is 0 Å². The fraction of sp³-hybridized carbons (Fsp3) is 0.133. The monoisotopic (exact) mass is 315 g/mol. The molecule has 0 aliphatic carbocycles. The molecular formula is C15H14BrN3. The Bertz CT molecular complexity index is 632. The summed E-state index contributed by atoms with van der Waals surface area (Å²) in [5.74, 6) is 0. The second kappa shape index (κ2) is 5.77. The lowest BCUT2D eigenvalue weighted by Crippen LogP contribution is -2.18. The van der Waals surface area contributed by atoms with Gasteiger partial charge in [-0.3, -0.25) is 0 Å². The number of rotatable bonds is 3. The van der Waals surface area contributed by atoms with Crippen molar-refractivity contribution < 1.29 is 0 Å². The van der Waals surface area contributed by atoms with Crippen LogP contribution in [0.4, 0.5) is 11.4 Å². The predicted molar refractivity (Wildman–Crippen MR) is 81.8 cm³/mol. The highest BCUT2D eigenvalue weighted by Gasteiger charge is 2.11. The number of hydrogen-bond acceptors (Lipinski definition) is 3. The van der Waals surface area contributed by atoms with Crippen LogP contribution in [0.5, 0.6) is 0 Å². The number of nitriles is 1. The van der Waals surface area contributed by atoms with Crippen LogP contribution in [0, 0.1) is 11.3 Å². The molecule has 0 unspecified atom stereocenters. The Morgan fingerprint density at radius 3 is 2.63 bits per heavy atom. The molecule has 0 bridgehead atoms. The third-order valence-corrected chi connectivity index (χ3v) is 3.64. The molecule has 0 heterocycles. The normalized spacial score (nSPS) is 9.95. The Morgan fingerprint density at radius 2 is 1.95 bits per heavy atom. The van der Waals surface area contributed by atoms with E-state index >= 15 is 0 Å². The van der Waals surface area contributed by atoms with Gasteiger partial charge in [0.1, 0.15) is 6.07 Å². The molecule has 4 heteroatoms. The van der Waals surface area contributed by atoms with Gasteiger partial charge in [-0.05, 0) is 39.7 Å². The standard InChI is InChI=1S/C15H14BrN3/c1-19(10-11-5-2-3-7-14(11)18)15-8-4-6-13(16)12(15)9-17/h2-8H,10,18H2,1H3. The molecule has 2 aromatic rings. The minimum absolute atomic E-state index is 0.638. The first-order valence-electron chi connectivity index (χ1n) is 5.86. The van der Waals surface area contributed by atoms with Crippen LogP contribution in [-0.4, -0.2) is 7.05 Å². The summed E-state index contributed by atoms with van der Waals surface area (Å²) in [7, 11) is 1.95. The Morgan fingerprint density at radius 1 is 1.21 bits per heavy atom. The minimum atomic E-state index is 0.638. The molecule has 0 spiro atoms. The van der Waals surface area contributed by atoms with E-state index < -0.39 is 0 Å². The van der Waals surface area contributed by atoms with Crippen molar-refractivity contribution in [2.75, 3.05) is 17.7 Å². The molecule has 0 saturated heterocycles. The lowest BCUT2D eigenvalue weighted by atomic mass is 10.1. The fourth-order valence-electron chi connectivity index (χ4n) is 1.96. The van der Waals surface area contributed by atoms with E-state index in [1.165, 1.54) is 0 Å². The third-order valence-electron chi connectivity index (χ3n) is 2.98. The molecule has 0 radical (unpaired) electrons. The number of para-hydroxylation sites is 1. The lowest BCUT2D eigenvalue weighted by molar-refractivity contribution is 0.922. The van der Waals surface area contributed by atoms with Crippen molar-refractivity contribution in [1.29, 1.82) is 5.26 Å². The first kappa shape index (κ1) is 13.4. The van der Waals surface area contributed by atoms with Crippen molar-refractivity contribution >= 4 is 27.3 Å². The molecule has 0 aliphatic heterocycles. The largest absolute Gasteiger partial charge is 0.398 e. The Kier molecular flexibility index (Phi) is 4.08. The molecule has 0 aliphatic rings. The van der Waals surface area contributed by atoms with Gasteiger partial charge in [0.25, 0.3) is 0 Å². The van der Waals surface area contributed by atoms with Gasteiger partial charge in [0, 0.05) is 23.8 Å². The molecule has 2 aromatic carbocycles. The fourth-order valence-corrected chi connectivity index (χ4v) is 2.40. The average Bonchev–Trinajstić information content (AvgIpc) is 2.41. The van der Waals surface area contributed by atoms with Gasteiger partial charge < -0.3 is 10.6 Å². The number of anilines is 2. The zero-order valence-electron chi connectivity index (χ0n) is 10.6. The van der Waals surface area contributed by atoms with Crippen molar-refractivity contribution in [1.82, 2.24) is 0 Å². The zero-order valence-corrected chi connectivity index (χ0v) is 12.2. The van der Waals surface area contributed by atoms with Crippen LogP contribution in [0.1, 0.15) is 11.1 Å². The summed E-state index contributed by atoms with van der Waals surface area (Å²) in [5, 5.41) is 9.24. The highest BCUT2D eigenvalue weighted by Crippen LogP contribution is 2.27. The molecule has 2 N–H and O–H groups in total. The maximum Gasteiger partial charge on any atom is 0.103 e. The second-order valence-electron chi connectivity index (χ2n) is 4.30. The first-order valence-corrected chi connectivity index (χ1v) is 6.66. The second-order valence-corrected chi connectivity index (χ2v) is 5.15. The number of nitrogens with zero attached hydrogens (tertiary/aromatic N) is 2. The van der Waals surface area contributed by atoms with Gasteiger partial charge in [-0.15, -0.1) is 0 Å². The van der Waals surface area contributed by atoms with E-state index in [1.807, 2.05) is 54.4 Å². The van der Waals surface area contributed by atoms with Crippen LogP contribution >= 0.6 is 15.9 Å². The molecule has 19 heavy (non-hydrogen) atoms. The van der Waals surface area contributed by atoms with Crippen molar-refractivity contribution in [3.8, 4) is 6.07 Å². The summed E-state index contributed by atoms with van der Waals surface area (Å²) >= 11 is 3.40. The lowest BCUT2D eigenvalue weighted by Gasteiger charge is -2.21. The molecule has 96 valence electrons. The summed E-state index contributed by atoms with van der Waals surface area (Å²) in [6.07, 6.45) is 0. The maximum absolute atomic E-state index is 9.24. The molecule has 2 rings (SSSR count). The van der Waals surface area contributed by atoms with Crippen LogP contribution in [0.3, 0.4) is 0 Å². The molecular weight excluding hydrogens is 302 g/mol. The van der Waals surface area contributed by atoms with E-state index in [1.54, 1.807) is 0 Å². The van der Waals surface area contributed by atoms with Crippen LogP contribution < -0.4 is 10.6 Å². The number of hydrogen-bond donors (Lipinski definition) is 1. The van der Waals surface area contributed by atoms with Crippen molar-refractivity contribution in [3.05, 3.63) is 58.1 Å². The van der Waals surface area contributed by atoms with E-state index in [0.717, 1.165) is 21.4 Å². The molecule has 0 atom stereocenters. The molecule has 3 nitrogen and oxygen atoms in total. The summed E-state index contributed by atoms with van der Waals surface area (Å²) in [6, 6.07) is 15.7. The maximum atomic E-state index is 9.24. The van der Waals surface area contributed by atoms with Crippen LogP contribution in [0.2, 0.25) is 0 Å². The summed E-state index contributed by atoms with van der Waals surface area (Å²) < 4.78 is 0.806. The number of nitrogens with two attached hydrogens (primary N) is 1. The smallest absolute Gasteiger partial charge is 0.103 e. The average molecular weight is 316 g/mol. The topological polar surface area (TPSA) is 53.0 Å². The predicted octanol–water partition coefficient (Wildman–Crippen LogP) is 3.54. The van der Waals surface area contributed by atoms with Gasteiger partial charge in [-0.1, -0.05) is 24.3 Å². The van der Waals surface area contributed by atoms with Gasteiger partial charge >= 0.3 is 0 Å². The Labute approximate surface area is 121 Å². The summed E-state index contributed by atoms with van der Waals surface area (Å²) in [6.45, 7) is 0.664. The van der Waals surface area contributed by atoms with Crippen LogP contribution in [-0.2, 0) is 6.54 Å². The van der Waals surface area contributed by atoms with E-state index in [0.29, 0.717) is 12.1 Å². The number of nitrogen functional groups attached to an aromatic ring is 1. The Balaban J connectivity index is 2.31. The zero-order chi connectivity index (χ0) is 13.8. The SMILES string of the molecule is CN(Cc1ccccc1N)c1cccc(Br)c1C#N. The summed E-state index contributed by atoms with van der Waals surface area (Å²) in [4.78, 5) is 2.02. The van der Waals surface area contributed by atoms with Gasteiger partial charge in [-0.25, -0.2) is 0 Å². The third kappa shape index (κ3) is 2.88. The summed E-state index contributed by atoms with van der Waals surface area (Å²) in [5.41, 5.74) is 9.29. The number of halogens is 1. The van der Waals surface area contributed by atoms with Crippen molar-refractivity contribution in [2.45, 2.75) is 6.54 Å². The molecule has 0 aromatic heterocycles. The van der Waals surface area contributed by atoms with Gasteiger partial charge in [0.2, 0.25) is 0 Å². The van der Waals surface area contributed by atoms with E-state index in [4.69, 9.17) is 5.73 Å². The van der Waals surface area contributed by atoms with Crippen LogP contribution in [0.15, 0.2) is 46.9 Å². The Hall–Kier alpha value is -1.99. The highest BCUT2D eigenvalue weighted by molar-refractivity contribution is 9.10. The van der Waals surface area contributed by atoms with E-state index in [9.17, 15) is 5.26 Å². The molecule has 0 fully saturated rings. The van der Waals surface area contributed by atoms with Crippen molar-refractivity contribution in [3.63, 3.8) is 0 Å². The molecule has 0 amide bonds. The first-order chi connectivity index (χ1) is 9.13. The van der Waals surface area contributed by atoms with Gasteiger partial charge in [0.05, 0.1) is 11.3 Å². The van der Waals surface area contributed by atoms with E-state index in [-0.39, 0.29) is 0 Å².